The minimum atomic E-state index is -0.379. The lowest BCUT2D eigenvalue weighted by atomic mass is 10.1. The van der Waals surface area contributed by atoms with E-state index < -0.39 is 0 Å². The van der Waals surface area contributed by atoms with Crippen LogP contribution in [0.5, 0.6) is 0 Å². The first-order valence-corrected chi connectivity index (χ1v) is 7.13. The van der Waals surface area contributed by atoms with E-state index in [4.69, 9.17) is 0 Å². The number of pyridine rings is 1. The number of nitrogens with zero attached hydrogens (tertiary/aromatic N) is 2. The van der Waals surface area contributed by atoms with Gasteiger partial charge in [0.25, 0.3) is 0 Å². The highest BCUT2D eigenvalue weighted by Crippen LogP contribution is 2.23. The van der Waals surface area contributed by atoms with Crippen molar-refractivity contribution >= 4 is 5.82 Å². The molecule has 1 fully saturated rings. The normalized spacial score (nSPS) is 18.5. The molecule has 1 aliphatic rings. The van der Waals surface area contributed by atoms with Crippen LogP contribution in [0.15, 0.2) is 12.1 Å². The molecule has 100 valence electrons. The summed E-state index contributed by atoms with van der Waals surface area (Å²) in [6, 6.07) is 4.10. The molecule has 1 aromatic heterocycles. The molecule has 1 N–H and O–H groups in total. The topological polar surface area (TPSA) is 36.4 Å². The molecular formula is C15H24N2O. The summed E-state index contributed by atoms with van der Waals surface area (Å²) in [5, 5.41) is 9.90. The smallest absolute Gasteiger partial charge is 0.128 e. The predicted molar refractivity (Wildman–Crippen MR) is 74.9 cm³/mol. The van der Waals surface area contributed by atoms with Crippen molar-refractivity contribution in [2.24, 2.45) is 0 Å². The van der Waals surface area contributed by atoms with E-state index in [-0.39, 0.29) is 6.10 Å². The standard InChI is InChI=1S/C15H24N2O/c1-3-14(18)13-8-9-15(16-12(13)2)17-10-6-4-5-7-11-17/h8-9,14,18H,3-7,10-11H2,1-2H3/t14-/m0/s1. The second-order valence-electron chi connectivity index (χ2n) is 5.17. The molecule has 0 radical (unpaired) electrons. The number of aliphatic hydroxyl groups excluding tert-OH is 1. The van der Waals surface area contributed by atoms with Crippen molar-refractivity contribution in [1.29, 1.82) is 0 Å². The monoisotopic (exact) mass is 248 g/mol. The summed E-state index contributed by atoms with van der Waals surface area (Å²) in [5.41, 5.74) is 1.93. The van der Waals surface area contributed by atoms with E-state index in [9.17, 15) is 5.11 Å². The minimum Gasteiger partial charge on any atom is -0.388 e. The van der Waals surface area contributed by atoms with Crippen molar-refractivity contribution in [3.8, 4) is 0 Å². The Kier molecular flexibility index (Phi) is 4.59. The SMILES string of the molecule is CC[C@H](O)c1ccc(N2CCCCCC2)nc1C. The Morgan fingerprint density at radius 2 is 1.89 bits per heavy atom. The molecule has 3 heteroatoms. The van der Waals surface area contributed by atoms with Gasteiger partial charge in [0, 0.05) is 24.3 Å². The molecule has 1 aromatic rings. The lowest BCUT2D eigenvalue weighted by molar-refractivity contribution is 0.172. The van der Waals surface area contributed by atoms with E-state index in [1.807, 2.05) is 19.9 Å². The Labute approximate surface area is 110 Å². The number of rotatable bonds is 3. The third-order valence-corrected chi connectivity index (χ3v) is 3.79. The van der Waals surface area contributed by atoms with Crippen LogP contribution in [0.2, 0.25) is 0 Å². The summed E-state index contributed by atoms with van der Waals surface area (Å²) in [6.45, 7) is 6.21. The number of hydrogen-bond acceptors (Lipinski definition) is 3. The molecule has 0 amide bonds. The van der Waals surface area contributed by atoms with Crippen LogP contribution in [0, 0.1) is 6.92 Å². The molecule has 2 rings (SSSR count). The van der Waals surface area contributed by atoms with E-state index in [0.29, 0.717) is 0 Å². The molecule has 0 aliphatic carbocycles. The fourth-order valence-corrected chi connectivity index (χ4v) is 2.61. The molecule has 0 saturated carbocycles. The van der Waals surface area contributed by atoms with Gasteiger partial charge < -0.3 is 10.0 Å². The Morgan fingerprint density at radius 1 is 1.22 bits per heavy atom. The van der Waals surface area contributed by atoms with Crippen LogP contribution < -0.4 is 4.90 Å². The van der Waals surface area contributed by atoms with Crippen LogP contribution in [0.3, 0.4) is 0 Å². The second kappa shape index (κ2) is 6.19. The quantitative estimate of drug-likeness (QED) is 0.892. The maximum Gasteiger partial charge on any atom is 0.128 e. The predicted octanol–water partition coefficient (Wildman–Crippen LogP) is 3.21. The van der Waals surface area contributed by atoms with Gasteiger partial charge in [-0.25, -0.2) is 4.98 Å². The number of aryl methyl sites for hydroxylation is 1. The summed E-state index contributed by atoms with van der Waals surface area (Å²) in [6.07, 6.45) is 5.56. The third kappa shape index (κ3) is 3.02. The first-order chi connectivity index (χ1) is 8.72. The minimum absolute atomic E-state index is 0.379. The highest BCUT2D eigenvalue weighted by atomic mass is 16.3. The Morgan fingerprint density at radius 3 is 2.44 bits per heavy atom. The maximum absolute atomic E-state index is 9.90. The van der Waals surface area contributed by atoms with Gasteiger partial charge in [-0.15, -0.1) is 0 Å². The number of aromatic nitrogens is 1. The lowest BCUT2D eigenvalue weighted by Gasteiger charge is -2.23. The molecule has 0 unspecified atom stereocenters. The van der Waals surface area contributed by atoms with Gasteiger partial charge in [-0.2, -0.15) is 0 Å². The number of anilines is 1. The van der Waals surface area contributed by atoms with Crippen molar-refractivity contribution in [3.05, 3.63) is 23.4 Å². The van der Waals surface area contributed by atoms with Crippen LogP contribution in [0.25, 0.3) is 0 Å². The van der Waals surface area contributed by atoms with Crippen LogP contribution in [-0.4, -0.2) is 23.2 Å². The van der Waals surface area contributed by atoms with Gasteiger partial charge in [0.05, 0.1) is 6.10 Å². The molecule has 18 heavy (non-hydrogen) atoms. The highest BCUT2D eigenvalue weighted by molar-refractivity contribution is 5.42. The molecule has 2 heterocycles. The molecular weight excluding hydrogens is 224 g/mol. The summed E-state index contributed by atoms with van der Waals surface area (Å²) in [5.74, 6) is 1.07. The molecule has 3 nitrogen and oxygen atoms in total. The van der Waals surface area contributed by atoms with Crippen molar-refractivity contribution in [2.45, 2.75) is 52.1 Å². The average Bonchev–Trinajstić information content (AvgIpc) is 2.66. The molecule has 1 aliphatic heterocycles. The van der Waals surface area contributed by atoms with Crippen molar-refractivity contribution in [3.63, 3.8) is 0 Å². The van der Waals surface area contributed by atoms with Crippen LogP contribution in [0.4, 0.5) is 5.82 Å². The van der Waals surface area contributed by atoms with Crippen molar-refractivity contribution in [1.82, 2.24) is 4.98 Å². The number of aliphatic hydroxyl groups is 1. The van der Waals surface area contributed by atoms with E-state index >= 15 is 0 Å². The van der Waals surface area contributed by atoms with Crippen LogP contribution in [0.1, 0.15) is 56.4 Å². The van der Waals surface area contributed by atoms with E-state index in [1.54, 1.807) is 0 Å². The van der Waals surface area contributed by atoms with Gasteiger partial charge in [0.2, 0.25) is 0 Å². The van der Waals surface area contributed by atoms with Gasteiger partial charge in [-0.1, -0.05) is 25.8 Å². The summed E-state index contributed by atoms with van der Waals surface area (Å²) in [4.78, 5) is 7.05. The zero-order valence-electron chi connectivity index (χ0n) is 11.5. The van der Waals surface area contributed by atoms with Gasteiger partial charge in [0.1, 0.15) is 5.82 Å². The molecule has 0 bridgehead atoms. The molecule has 0 aromatic carbocycles. The van der Waals surface area contributed by atoms with Gasteiger partial charge in [-0.3, -0.25) is 0 Å². The van der Waals surface area contributed by atoms with E-state index in [0.717, 1.165) is 36.6 Å². The fraction of sp³-hybridized carbons (Fsp3) is 0.667. The summed E-state index contributed by atoms with van der Waals surface area (Å²) >= 11 is 0. The van der Waals surface area contributed by atoms with Crippen LogP contribution in [-0.2, 0) is 0 Å². The molecule has 1 atom stereocenters. The van der Waals surface area contributed by atoms with Gasteiger partial charge >= 0.3 is 0 Å². The first kappa shape index (κ1) is 13.3. The lowest BCUT2D eigenvalue weighted by Crippen LogP contribution is -2.25. The average molecular weight is 248 g/mol. The Bertz CT molecular complexity index is 384. The van der Waals surface area contributed by atoms with E-state index in [2.05, 4.69) is 16.0 Å². The largest absolute Gasteiger partial charge is 0.388 e. The Balaban J connectivity index is 2.16. The zero-order valence-corrected chi connectivity index (χ0v) is 11.5. The molecule has 1 saturated heterocycles. The second-order valence-corrected chi connectivity index (χ2v) is 5.17. The van der Waals surface area contributed by atoms with Gasteiger partial charge in [-0.05, 0) is 32.3 Å². The van der Waals surface area contributed by atoms with Crippen molar-refractivity contribution < 1.29 is 5.11 Å². The molecule has 0 spiro atoms. The van der Waals surface area contributed by atoms with Crippen LogP contribution >= 0.6 is 0 Å². The van der Waals surface area contributed by atoms with E-state index in [1.165, 1.54) is 25.7 Å². The Hall–Kier alpha value is -1.09. The third-order valence-electron chi connectivity index (χ3n) is 3.79. The summed E-state index contributed by atoms with van der Waals surface area (Å²) in [7, 11) is 0. The first-order valence-electron chi connectivity index (χ1n) is 7.13. The maximum atomic E-state index is 9.90. The summed E-state index contributed by atoms with van der Waals surface area (Å²) < 4.78 is 0. The number of hydrogen-bond donors (Lipinski definition) is 1. The van der Waals surface area contributed by atoms with Gasteiger partial charge in [0.15, 0.2) is 0 Å². The fourth-order valence-electron chi connectivity index (χ4n) is 2.61. The highest BCUT2D eigenvalue weighted by Gasteiger charge is 2.14. The van der Waals surface area contributed by atoms with Crippen molar-refractivity contribution in [2.75, 3.05) is 18.0 Å². The zero-order chi connectivity index (χ0) is 13.0.